The quantitative estimate of drug-likeness (QED) is 0.519. The lowest BCUT2D eigenvalue weighted by atomic mass is 9.95. The highest BCUT2D eigenvalue weighted by Gasteiger charge is 2.18. The fraction of sp³-hybridized carbons (Fsp3) is 0.375. The van der Waals surface area contributed by atoms with Gasteiger partial charge in [-0.15, -0.1) is 0 Å². The van der Waals surface area contributed by atoms with E-state index in [9.17, 15) is 0 Å². The van der Waals surface area contributed by atoms with E-state index in [0.29, 0.717) is 12.0 Å². The standard InChI is InChI=1S/C8H10N2/c1-2-4-8-7(3-1)5-9-6-10-8/h1-4,6-8H,5H2,(H,9,10)/t7?,8-/m0/s1. The second kappa shape index (κ2) is 2.29. The molecule has 1 heterocycles. The van der Waals surface area contributed by atoms with Crippen molar-refractivity contribution >= 4 is 6.34 Å². The fourth-order valence-electron chi connectivity index (χ4n) is 1.32. The highest BCUT2D eigenvalue weighted by atomic mass is 15.0. The number of hydrogen-bond acceptors (Lipinski definition) is 2. The van der Waals surface area contributed by atoms with Crippen LogP contribution in [-0.4, -0.2) is 18.9 Å². The molecule has 0 aromatic heterocycles. The molecule has 0 bridgehead atoms. The van der Waals surface area contributed by atoms with Crippen LogP contribution in [0.1, 0.15) is 0 Å². The van der Waals surface area contributed by atoms with Gasteiger partial charge < -0.3 is 5.32 Å². The summed E-state index contributed by atoms with van der Waals surface area (Å²) in [5.41, 5.74) is 0. The number of nitrogens with one attached hydrogen (secondary N) is 1. The summed E-state index contributed by atoms with van der Waals surface area (Å²) in [5, 5.41) is 3.19. The molecule has 2 aliphatic rings. The van der Waals surface area contributed by atoms with Crippen molar-refractivity contribution in [3.63, 3.8) is 0 Å². The van der Waals surface area contributed by atoms with Crippen molar-refractivity contribution in [3.05, 3.63) is 24.3 Å². The molecule has 1 unspecified atom stereocenters. The smallest absolute Gasteiger partial charge is 0.0828 e. The first-order chi connectivity index (χ1) is 4.97. The Balaban J connectivity index is 2.19. The molecule has 1 N–H and O–H groups in total. The molecule has 0 amide bonds. The highest BCUT2D eigenvalue weighted by molar-refractivity contribution is 5.57. The molecule has 0 aromatic carbocycles. The molecule has 2 rings (SSSR count). The van der Waals surface area contributed by atoms with E-state index in [1.54, 1.807) is 6.34 Å². The topological polar surface area (TPSA) is 24.4 Å². The molecule has 1 aliphatic heterocycles. The Hall–Kier alpha value is -1.05. The van der Waals surface area contributed by atoms with Gasteiger partial charge in [-0.2, -0.15) is 0 Å². The molecule has 2 heteroatoms. The molecule has 2 atom stereocenters. The minimum Gasteiger partial charge on any atom is -0.370 e. The fourth-order valence-corrected chi connectivity index (χ4v) is 1.32. The van der Waals surface area contributed by atoms with Gasteiger partial charge in [0.2, 0.25) is 0 Å². The Kier molecular flexibility index (Phi) is 1.31. The Morgan fingerprint density at radius 3 is 3.10 bits per heavy atom. The van der Waals surface area contributed by atoms with E-state index < -0.39 is 0 Å². The van der Waals surface area contributed by atoms with Gasteiger partial charge in [0.15, 0.2) is 0 Å². The average Bonchev–Trinajstić information content (AvgIpc) is 2.05. The maximum absolute atomic E-state index is 4.14. The molecule has 0 fully saturated rings. The van der Waals surface area contributed by atoms with Gasteiger partial charge in [0.05, 0.1) is 12.4 Å². The Labute approximate surface area is 60.3 Å². The summed E-state index contributed by atoms with van der Waals surface area (Å²) in [6, 6.07) is 0.488. The van der Waals surface area contributed by atoms with Gasteiger partial charge >= 0.3 is 0 Å². The van der Waals surface area contributed by atoms with Crippen LogP contribution in [0.4, 0.5) is 0 Å². The first kappa shape index (κ1) is 5.71. The summed E-state index contributed by atoms with van der Waals surface area (Å²) in [7, 11) is 0. The predicted octanol–water partition coefficient (Wildman–Crippen LogP) is 0.729. The van der Waals surface area contributed by atoms with Gasteiger partial charge in [-0.25, -0.2) is 0 Å². The summed E-state index contributed by atoms with van der Waals surface area (Å²) >= 11 is 0. The monoisotopic (exact) mass is 134 g/mol. The first-order valence-electron chi connectivity index (χ1n) is 3.56. The molecule has 10 heavy (non-hydrogen) atoms. The van der Waals surface area contributed by atoms with Crippen LogP contribution in [0.2, 0.25) is 0 Å². The van der Waals surface area contributed by atoms with Crippen molar-refractivity contribution in [2.75, 3.05) is 6.54 Å². The van der Waals surface area contributed by atoms with Crippen LogP contribution < -0.4 is 5.32 Å². The summed E-state index contributed by atoms with van der Waals surface area (Å²) < 4.78 is 0. The summed E-state index contributed by atoms with van der Waals surface area (Å²) in [5.74, 6) is 0.579. The van der Waals surface area contributed by atoms with Gasteiger partial charge in [0.25, 0.3) is 0 Å². The minimum absolute atomic E-state index is 0.488. The van der Waals surface area contributed by atoms with E-state index in [1.165, 1.54) is 0 Å². The van der Waals surface area contributed by atoms with Crippen LogP contribution in [0, 0.1) is 5.92 Å². The van der Waals surface area contributed by atoms with Gasteiger partial charge in [-0.05, 0) is 0 Å². The average molecular weight is 134 g/mol. The molecule has 0 saturated heterocycles. The lowest BCUT2D eigenvalue weighted by molar-refractivity contribution is 0.523. The molecular formula is C8H10N2. The third kappa shape index (κ3) is 0.856. The Morgan fingerprint density at radius 1 is 1.30 bits per heavy atom. The van der Waals surface area contributed by atoms with E-state index in [1.807, 2.05) is 0 Å². The van der Waals surface area contributed by atoms with E-state index >= 15 is 0 Å². The normalized spacial score (nSPS) is 35.2. The molecule has 0 saturated carbocycles. The SMILES string of the molecule is C1=CC2CN=CN[C@H]2C=C1. The van der Waals surface area contributed by atoms with E-state index in [2.05, 4.69) is 34.6 Å². The van der Waals surface area contributed by atoms with Crippen LogP contribution in [-0.2, 0) is 0 Å². The van der Waals surface area contributed by atoms with Crippen molar-refractivity contribution in [3.8, 4) is 0 Å². The summed E-state index contributed by atoms with van der Waals surface area (Å²) in [4.78, 5) is 4.14. The number of nitrogens with zero attached hydrogens (tertiary/aromatic N) is 1. The van der Waals surface area contributed by atoms with E-state index in [-0.39, 0.29) is 0 Å². The van der Waals surface area contributed by atoms with Crippen molar-refractivity contribution < 1.29 is 0 Å². The lowest BCUT2D eigenvalue weighted by Crippen LogP contribution is -2.38. The van der Waals surface area contributed by atoms with Crippen molar-refractivity contribution in [2.24, 2.45) is 10.9 Å². The number of rotatable bonds is 0. The largest absolute Gasteiger partial charge is 0.370 e. The Morgan fingerprint density at radius 2 is 2.20 bits per heavy atom. The molecule has 1 aliphatic carbocycles. The minimum atomic E-state index is 0.488. The zero-order valence-electron chi connectivity index (χ0n) is 5.70. The van der Waals surface area contributed by atoms with Gasteiger partial charge in [0, 0.05) is 12.5 Å². The van der Waals surface area contributed by atoms with Crippen LogP contribution in [0.15, 0.2) is 29.3 Å². The van der Waals surface area contributed by atoms with Crippen LogP contribution in [0.3, 0.4) is 0 Å². The second-order valence-electron chi connectivity index (χ2n) is 2.62. The highest BCUT2D eigenvalue weighted by Crippen LogP contribution is 2.14. The zero-order valence-corrected chi connectivity index (χ0v) is 5.70. The third-order valence-corrected chi connectivity index (χ3v) is 1.92. The van der Waals surface area contributed by atoms with Crippen LogP contribution in [0.5, 0.6) is 0 Å². The first-order valence-corrected chi connectivity index (χ1v) is 3.56. The molecular weight excluding hydrogens is 124 g/mol. The lowest BCUT2D eigenvalue weighted by Gasteiger charge is -2.25. The van der Waals surface area contributed by atoms with Crippen molar-refractivity contribution in [2.45, 2.75) is 6.04 Å². The number of hydrogen-bond donors (Lipinski definition) is 1. The second-order valence-corrected chi connectivity index (χ2v) is 2.62. The van der Waals surface area contributed by atoms with Gasteiger partial charge in [-0.1, -0.05) is 24.3 Å². The molecule has 0 spiro atoms. The van der Waals surface area contributed by atoms with Crippen molar-refractivity contribution in [1.82, 2.24) is 5.32 Å². The summed E-state index contributed by atoms with van der Waals surface area (Å²) in [6.45, 7) is 0.929. The third-order valence-electron chi connectivity index (χ3n) is 1.92. The predicted molar refractivity (Wildman–Crippen MR) is 42.1 cm³/mol. The molecule has 2 nitrogen and oxygen atoms in total. The van der Waals surface area contributed by atoms with Crippen LogP contribution >= 0.6 is 0 Å². The molecule has 0 aromatic rings. The molecule has 52 valence electrons. The van der Waals surface area contributed by atoms with Gasteiger partial charge in [-0.3, -0.25) is 4.99 Å². The molecule has 0 radical (unpaired) electrons. The Bertz CT molecular complexity index is 181. The van der Waals surface area contributed by atoms with Crippen LogP contribution in [0.25, 0.3) is 0 Å². The van der Waals surface area contributed by atoms with E-state index in [0.717, 1.165) is 6.54 Å². The maximum atomic E-state index is 4.14. The van der Waals surface area contributed by atoms with Gasteiger partial charge in [0.1, 0.15) is 0 Å². The number of allylic oxidation sites excluding steroid dienone is 2. The summed E-state index contributed by atoms with van der Waals surface area (Å²) in [6.07, 6.45) is 10.3. The number of fused-ring (bicyclic) bond motifs is 1. The van der Waals surface area contributed by atoms with Crippen molar-refractivity contribution in [1.29, 1.82) is 0 Å². The zero-order chi connectivity index (χ0) is 6.81. The number of aliphatic imine (C=N–C) groups is 1. The maximum Gasteiger partial charge on any atom is 0.0828 e. The van der Waals surface area contributed by atoms with E-state index in [4.69, 9.17) is 0 Å².